The van der Waals surface area contributed by atoms with Crippen molar-refractivity contribution in [3.63, 3.8) is 0 Å². The number of fused-ring (bicyclic) bond motifs is 1. The van der Waals surface area contributed by atoms with Crippen LogP contribution in [0.1, 0.15) is 85.6 Å². The van der Waals surface area contributed by atoms with Crippen molar-refractivity contribution in [3.8, 4) is 0 Å². The average Bonchev–Trinajstić information content (AvgIpc) is 3.33. The molecule has 174 valence electrons. The summed E-state index contributed by atoms with van der Waals surface area (Å²) >= 11 is 0. The van der Waals surface area contributed by atoms with Crippen molar-refractivity contribution in [1.82, 2.24) is 14.9 Å². The lowest BCUT2D eigenvalue weighted by Crippen LogP contribution is -2.49. The highest BCUT2D eigenvalue weighted by Crippen LogP contribution is 2.45. The van der Waals surface area contributed by atoms with E-state index in [9.17, 15) is 9.59 Å². The van der Waals surface area contributed by atoms with E-state index < -0.39 is 5.41 Å². The van der Waals surface area contributed by atoms with Gasteiger partial charge in [0.05, 0.1) is 11.5 Å². The zero-order valence-corrected chi connectivity index (χ0v) is 20.1. The highest BCUT2D eigenvalue weighted by atomic mass is 16.2. The van der Waals surface area contributed by atoms with Gasteiger partial charge < -0.3 is 4.90 Å². The summed E-state index contributed by atoms with van der Waals surface area (Å²) in [6, 6.07) is 8.41. The van der Waals surface area contributed by atoms with Crippen LogP contribution in [0.15, 0.2) is 24.3 Å². The lowest BCUT2D eigenvalue weighted by atomic mass is 9.76. The van der Waals surface area contributed by atoms with E-state index in [0.717, 1.165) is 74.1 Å². The van der Waals surface area contributed by atoms with Crippen molar-refractivity contribution in [2.45, 2.75) is 83.1 Å². The lowest BCUT2D eigenvalue weighted by Gasteiger charge is -2.41. The Balaban J connectivity index is 1.53. The van der Waals surface area contributed by atoms with Crippen LogP contribution in [0, 0.1) is 13.8 Å². The molecular weight excluding hydrogens is 412 g/mol. The van der Waals surface area contributed by atoms with Crippen molar-refractivity contribution in [3.05, 3.63) is 52.5 Å². The molecule has 3 heterocycles. The van der Waals surface area contributed by atoms with Gasteiger partial charge in [0.2, 0.25) is 11.8 Å². The van der Waals surface area contributed by atoms with Gasteiger partial charge in [0, 0.05) is 31.3 Å². The van der Waals surface area contributed by atoms with Gasteiger partial charge in [-0.2, -0.15) is 0 Å². The number of piperidine rings is 1. The van der Waals surface area contributed by atoms with Gasteiger partial charge in [0.25, 0.3) is 0 Å². The molecule has 33 heavy (non-hydrogen) atoms. The third-order valence-electron chi connectivity index (χ3n) is 8.02. The molecule has 0 unspecified atom stereocenters. The molecule has 0 spiro atoms. The molecule has 6 heteroatoms. The van der Waals surface area contributed by atoms with E-state index in [0.29, 0.717) is 18.7 Å². The minimum Gasteiger partial charge on any atom is -0.332 e. The van der Waals surface area contributed by atoms with Gasteiger partial charge >= 0.3 is 0 Å². The van der Waals surface area contributed by atoms with Crippen LogP contribution < -0.4 is 4.90 Å². The third kappa shape index (κ3) is 3.73. The fraction of sp³-hybridized carbons (Fsp3) is 0.556. The summed E-state index contributed by atoms with van der Waals surface area (Å²) < 4.78 is 0. The standard InChI is InChI=1S/C27H34N4O2/c1-18-9-11-20(12-10-18)27(15-5-6-16-27)26(33)31-17-7-4-8-22(31)24-28-19(2)21-13-14-23(32)30(3)25(21)29-24/h9-12,22H,4-8,13-17H2,1-3H3/t22-/m0/s1. The molecule has 2 aromatic rings. The molecule has 1 aliphatic carbocycles. The first kappa shape index (κ1) is 22.1. The molecule has 2 fully saturated rings. The number of amides is 2. The number of hydrogen-bond donors (Lipinski definition) is 0. The Labute approximate surface area is 196 Å². The molecule has 6 nitrogen and oxygen atoms in total. The maximum Gasteiger partial charge on any atom is 0.233 e. The normalized spacial score (nSPS) is 22.4. The summed E-state index contributed by atoms with van der Waals surface area (Å²) in [6.07, 6.45) is 8.09. The second-order valence-electron chi connectivity index (χ2n) is 10.1. The van der Waals surface area contributed by atoms with E-state index in [1.54, 1.807) is 11.9 Å². The van der Waals surface area contributed by atoms with E-state index >= 15 is 0 Å². The number of anilines is 1. The predicted octanol–water partition coefficient (Wildman–Crippen LogP) is 4.57. The fourth-order valence-corrected chi connectivity index (χ4v) is 6.03. The summed E-state index contributed by atoms with van der Waals surface area (Å²) in [6.45, 7) is 4.84. The molecule has 1 saturated carbocycles. The van der Waals surface area contributed by atoms with Crippen LogP contribution in [0.4, 0.5) is 5.82 Å². The largest absolute Gasteiger partial charge is 0.332 e. The third-order valence-corrected chi connectivity index (χ3v) is 8.02. The molecule has 3 aliphatic rings. The van der Waals surface area contributed by atoms with E-state index in [1.807, 2.05) is 6.92 Å². The first-order valence-corrected chi connectivity index (χ1v) is 12.4. The Morgan fingerprint density at radius 3 is 2.45 bits per heavy atom. The minimum atomic E-state index is -0.445. The first-order chi connectivity index (χ1) is 15.9. The number of likely N-dealkylation sites (tertiary alicyclic amines) is 1. The minimum absolute atomic E-state index is 0.0902. The van der Waals surface area contributed by atoms with Crippen molar-refractivity contribution in [1.29, 1.82) is 0 Å². The summed E-state index contributed by atoms with van der Waals surface area (Å²) in [5.41, 5.74) is 3.90. The van der Waals surface area contributed by atoms with Gasteiger partial charge in [-0.1, -0.05) is 42.7 Å². The van der Waals surface area contributed by atoms with Crippen molar-refractivity contribution < 1.29 is 9.59 Å². The summed E-state index contributed by atoms with van der Waals surface area (Å²) in [7, 11) is 1.80. The summed E-state index contributed by atoms with van der Waals surface area (Å²) in [5.74, 6) is 1.74. The highest BCUT2D eigenvalue weighted by Gasteiger charge is 2.47. The number of aromatic nitrogens is 2. The van der Waals surface area contributed by atoms with E-state index in [2.05, 4.69) is 36.1 Å². The molecule has 1 aromatic carbocycles. The average molecular weight is 447 g/mol. The Bertz CT molecular complexity index is 1070. The van der Waals surface area contributed by atoms with Crippen molar-refractivity contribution in [2.24, 2.45) is 0 Å². The topological polar surface area (TPSA) is 66.4 Å². The summed E-state index contributed by atoms with van der Waals surface area (Å²) in [4.78, 5) is 40.1. The molecule has 1 saturated heterocycles. The van der Waals surface area contributed by atoms with Crippen LogP contribution in [-0.4, -0.2) is 40.3 Å². The molecule has 0 radical (unpaired) electrons. The van der Waals surface area contributed by atoms with Gasteiger partial charge in [-0.3, -0.25) is 14.5 Å². The van der Waals surface area contributed by atoms with Gasteiger partial charge in [-0.05, 0) is 57.9 Å². The van der Waals surface area contributed by atoms with Crippen LogP contribution >= 0.6 is 0 Å². The maximum absolute atomic E-state index is 14.3. The number of benzene rings is 1. The van der Waals surface area contributed by atoms with Gasteiger partial charge in [-0.15, -0.1) is 0 Å². The Morgan fingerprint density at radius 1 is 1.00 bits per heavy atom. The zero-order chi connectivity index (χ0) is 23.2. The quantitative estimate of drug-likeness (QED) is 0.693. The molecule has 5 rings (SSSR count). The summed E-state index contributed by atoms with van der Waals surface area (Å²) in [5, 5.41) is 0. The van der Waals surface area contributed by atoms with Crippen LogP contribution in [0.5, 0.6) is 0 Å². The Kier molecular flexibility index (Phi) is 5.71. The van der Waals surface area contributed by atoms with Crippen LogP contribution in [0.2, 0.25) is 0 Å². The van der Waals surface area contributed by atoms with Crippen LogP contribution in [0.3, 0.4) is 0 Å². The van der Waals surface area contributed by atoms with Gasteiger partial charge in [-0.25, -0.2) is 9.97 Å². The SMILES string of the molecule is Cc1ccc(C2(C(=O)N3CCCC[C@H]3c3nc(C)c4c(n3)N(C)C(=O)CC4)CCCC2)cc1. The highest BCUT2D eigenvalue weighted by molar-refractivity contribution is 5.95. The van der Waals surface area contributed by atoms with Crippen molar-refractivity contribution >= 4 is 17.6 Å². The second kappa shape index (κ2) is 8.54. The van der Waals surface area contributed by atoms with Crippen LogP contribution in [-0.2, 0) is 21.4 Å². The number of carbonyl (C=O) groups excluding carboxylic acids is 2. The number of rotatable bonds is 3. The predicted molar refractivity (Wildman–Crippen MR) is 128 cm³/mol. The smallest absolute Gasteiger partial charge is 0.233 e. The number of nitrogens with zero attached hydrogens (tertiary/aromatic N) is 4. The molecule has 0 N–H and O–H groups in total. The molecular formula is C27H34N4O2. The van der Waals surface area contributed by atoms with Gasteiger partial charge in [0.1, 0.15) is 5.82 Å². The van der Waals surface area contributed by atoms with Gasteiger partial charge in [0.15, 0.2) is 5.82 Å². The molecule has 1 aromatic heterocycles. The molecule has 2 amide bonds. The molecule has 0 bridgehead atoms. The van der Waals surface area contributed by atoms with E-state index in [-0.39, 0.29) is 17.9 Å². The van der Waals surface area contributed by atoms with E-state index in [4.69, 9.17) is 9.97 Å². The Morgan fingerprint density at radius 2 is 1.73 bits per heavy atom. The first-order valence-electron chi connectivity index (χ1n) is 12.4. The lowest BCUT2D eigenvalue weighted by molar-refractivity contribution is -0.141. The second-order valence-corrected chi connectivity index (χ2v) is 10.1. The number of carbonyl (C=O) groups is 2. The number of hydrogen-bond acceptors (Lipinski definition) is 4. The zero-order valence-electron chi connectivity index (χ0n) is 20.1. The van der Waals surface area contributed by atoms with E-state index in [1.165, 1.54) is 5.56 Å². The monoisotopic (exact) mass is 446 g/mol. The van der Waals surface area contributed by atoms with Crippen LogP contribution in [0.25, 0.3) is 0 Å². The number of aryl methyl sites for hydroxylation is 2. The maximum atomic E-state index is 14.3. The Hall–Kier alpha value is -2.76. The molecule has 2 aliphatic heterocycles. The fourth-order valence-electron chi connectivity index (χ4n) is 6.03. The molecule has 1 atom stereocenters. The van der Waals surface area contributed by atoms with Crippen molar-refractivity contribution in [2.75, 3.05) is 18.5 Å².